The van der Waals surface area contributed by atoms with Gasteiger partial charge in [0.15, 0.2) is 6.61 Å². The zero-order chi connectivity index (χ0) is 18.2. The van der Waals surface area contributed by atoms with E-state index < -0.39 is 0 Å². The third-order valence-corrected chi connectivity index (χ3v) is 4.32. The summed E-state index contributed by atoms with van der Waals surface area (Å²) in [6.45, 7) is 1.67. The fourth-order valence-electron chi connectivity index (χ4n) is 2.90. The molecule has 1 fully saturated rings. The van der Waals surface area contributed by atoms with E-state index in [1.165, 1.54) is 0 Å². The van der Waals surface area contributed by atoms with Crippen molar-refractivity contribution in [2.24, 2.45) is 0 Å². The van der Waals surface area contributed by atoms with Crippen molar-refractivity contribution < 1.29 is 19.0 Å². The number of methoxy groups -OCH3 is 1. The summed E-state index contributed by atoms with van der Waals surface area (Å²) < 4.78 is 16.3. The van der Waals surface area contributed by atoms with E-state index in [1.54, 1.807) is 50.0 Å². The summed E-state index contributed by atoms with van der Waals surface area (Å²) in [6.07, 6.45) is 6.62. The van der Waals surface area contributed by atoms with E-state index in [0.717, 1.165) is 24.3 Å². The molecule has 26 heavy (non-hydrogen) atoms. The number of amides is 1. The highest BCUT2D eigenvalue weighted by Gasteiger charge is 2.27. The van der Waals surface area contributed by atoms with Gasteiger partial charge in [-0.25, -0.2) is 0 Å². The number of carbonyl (C=O) groups is 1. The Bertz CT molecular complexity index is 694. The van der Waals surface area contributed by atoms with E-state index in [9.17, 15) is 4.79 Å². The molecule has 1 atom stereocenters. The van der Waals surface area contributed by atoms with E-state index in [0.29, 0.717) is 25.5 Å². The molecule has 0 N–H and O–H groups in total. The maximum absolute atomic E-state index is 12.6. The summed E-state index contributed by atoms with van der Waals surface area (Å²) in [5.74, 6) is 1.36. The molecule has 2 aromatic rings. The Morgan fingerprint density at radius 2 is 2.08 bits per heavy atom. The molecular formula is C19H23N3O4. The van der Waals surface area contributed by atoms with Gasteiger partial charge in [-0.2, -0.15) is 0 Å². The van der Waals surface area contributed by atoms with Crippen molar-refractivity contribution in [3.8, 4) is 11.5 Å². The molecule has 7 nitrogen and oxygen atoms in total. The molecule has 0 aliphatic carbocycles. The van der Waals surface area contributed by atoms with Crippen LogP contribution in [0.2, 0.25) is 0 Å². The van der Waals surface area contributed by atoms with Gasteiger partial charge in [-0.1, -0.05) is 0 Å². The lowest BCUT2D eigenvalue weighted by Crippen LogP contribution is -2.50. The van der Waals surface area contributed by atoms with Crippen LogP contribution in [0.25, 0.3) is 0 Å². The zero-order valence-corrected chi connectivity index (χ0v) is 14.8. The summed E-state index contributed by atoms with van der Waals surface area (Å²) in [5.41, 5.74) is 0.917. The van der Waals surface area contributed by atoms with Gasteiger partial charge in [-0.15, -0.1) is 0 Å². The average Bonchev–Trinajstić information content (AvgIpc) is 2.72. The van der Waals surface area contributed by atoms with Gasteiger partial charge in [-0.3, -0.25) is 14.8 Å². The number of hydrogen-bond donors (Lipinski definition) is 0. The fraction of sp³-hybridized carbons (Fsp3) is 0.421. The molecular weight excluding hydrogens is 334 g/mol. The van der Waals surface area contributed by atoms with Crippen LogP contribution in [0.4, 0.5) is 0 Å². The maximum Gasteiger partial charge on any atom is 0.260 e. The number of aryl methyl sites for hydroxylation is 1. The lowest BCUT2D eigenvalue weighted by Gasteiger charge is -2.35. The lowest BCUT2D eigenvalue weighted by atomic mass is 10.1. The summed E-state index contributed by atoms with van der Waals surface area (Å²) >= 11 is 0. The van der Waals surface area contributed by atoms with Gasteiger partial charge in [0.2, 0.25) is 0 Å². The van der Waals surface area contributed by atoms with Crippen LogP contribution in [0, 0.1) is 0 Å². The van der Waals surface area contributed by atoms with Crippen LogP contribution >= 0.6 is 0 Å². The number of nitrogens with zero attached hydrogens (tertiary/aromatic N) is 3. The molecule has 1 aliphatic rings. The van der Waals surface area contributed by atoms with Crippen LogP contribution in [0.5, 0.6) is 11.5 Å². The second-order valence-electron chi connectivity index (χ2n) is 6.02. The third-order valence-electron chi connectivity index (χ3n) is 4.32. The first-order chi connectivity index (χ1) is 12.8. The summed E-state index contributed by atoms with van der Waals surface area (Å²) in [7, 11) is 1.61. The molecule has 1 aliphatic heterocycles. The van der Waals surface area contributed by atoms with Crippen LogP contribution in [-0.2, 0) is 16.0 Å². The van der Waals surface area contributed by atoms with Crippen molar-refractivity contribution in [2.45, 2.75) is 18.9 Å². The minimum Gasteiger partial charge on any atom is -0.497 e. The second kappa shape index (κ2) is 9.15. The van der Waals surface area contributed by atoms with Crippen LogP contribution in [0.15, 0.2) is 42.9 Å². The lowest BCUT2D eigenvalue weighted by molar-refractivity contribution is -0.142. The predicted octanol–water partition coefficient (Wildman–Crippen LogP) is 1.72. The standard InChI is InChI=1S/C19H23N3O4/c1-24-17-4-6-18(7-5-17)26-14-19(23)22-10-11-25-13-16(22)3-2-15-12-20-8-9-21-15/h4-9,12,16H,2-3,10-11,13-14H2,1H3. The molecule has 0 bridgehead atoms. The fourth-order valence-corrected chi connectivity index (χ4v) is 2.90. The van der Waals surface area contributed by atoms with E-state index in [-0.39, 0.29) is 18.6 Å². The number of aromatic nitrogens is 2. The first kappa shape index (κ1) is 18.1. The van der Waals surface area contributed by atoms with Gasteiger partial charge in [-0.05, 0) is 37.1 Å². The van der Waals surface area contributed by atoms with E-state index >= 15 is 0 Å². The van der Waals surface area contributed by atoms with Crippen molar-refractivity contribution in [3.05, 3.63) is 48.5 Å². The first-order valence-electron chi connectivity index (χ1n) is 8.65. The number of rotatable bonds is 7. The van der Waals surface area contributed by atoms with Crippen LogP contribution < -0.4 is 9.47 Å². The average molecular weight is 357 g/mol. The molecule has 1 unspecified atom stereocenters. The van der Waals surface area contributed by atoms with Crippen molar-refractivity contribution in [3.63, 3.8) is 0 Å². The molecule has 7 heteroatoms. The van der Waals surface area contributed by atoms with Crippen molar-refractivity contribution in [1.29, 1.82) is 0 Å². The molecule has 0 spiro atoms. The molecule has 0 saturated carbocycles. The Morgan fingerprint density at radius 1 is 1.27 bits per heavy atom. The normalized spacial score (nSPS) is 17.0. The summed E-state index contributed by atoms with van der Waals surface area (Å²) in [6, 6.07) is 7.21. The topological polar surface area (TPSA) is 73.8 Å². The Hall–Kier alpha value is -2.67. The van der Waals surface area contributed by atoms with Crippen molar-refractivity contribution in [2.75, 3.05) is 33.5 Å². The molecule has 3 rings (SSSR count). The van der Waals surface area contributed by atoms with Crippen LogP contribution in [0.1, 0.15) is 12.1 Å². The summed E-state index contributed by atoms with van der Waals surface area (Å²) in [4.78, 5) is 22.8. The molecule has 1 aromatic carbocycles. The highest BCUT2D eigenvalue weighted by molar-refractivity contribution is 5.78. The Balaban J connectivity index is 1.53. The molecule has 2 heterocycles. The molecule has 1 saturated heterocycles. The van der Waals surface area contributed by atoms with Crippen molar-refractivity contribution >= 4 is 5.91 Å². The number of morpholine rings is 1. The highest BCUT2D eigenvalue weighted by Crippen LogP contribution is 2.18. The molecule has 138 valence electrons. The first-order valence-corrected chi connectivity index (χ1v) is 8.65. The number of benzene rings is 1. The predicted molar refractivity (Wildman–Crippen MR) is 95.2 cm³/mol. The zero-order valence-electron chi connectivity index (χ0n) is 14.8. The summed E-state index contributed by atoms with van der Waals surface area (Å²) in [5, 5.41) is 0. The maximum atomic E-state index is 12.6. The van der Waals surface area contributed by atoms with Gasteiger partial charge in [0.1, 0.15) is 11.5 Å². The monoisotopic (exact) mass is 357 g/mol. The quantitative estimate of drug-likeness (QED) is 0.751. The van der Waals surface area contributed by atoms with Gasteiger partial charge in [0, 0.05) is 25.1 Å². The molecule has 1 aromatic heterocycles. The SMILES string of the molecule is COc1ccc(OCC(=O)N2CCOCC2CCc2cnccn2)cc1. The Labute approximate surface area is 152 Å². The highest BCUT2D eigenvalue weighted by atomic mass is 16.5. The minimum absolute atomic E-state index is 0.00791. The molecule has 0 radical (unpaired) electrons. The van der Waals surface area contributed by atoms with E-state index in [2.05, 4.69) is 9.97 Å². The number of hydrogen-bond acceptors (Lipinski definition) is 6. The Morgan fingerprint density at radius 3 is 2.81 bits per heavy atom. The number of ether oxygens (including phenoxy) is 3. The van der Waals surface area contributed by atoms with Crippen LogP contribution in [-0.4, -0.2) is 60.3 Å². The molecule has 1 amide bonds. The van der Waals surface area contributed by atoms with Gasteiger partial charge in [0.05, 0.1) is 32.1 Å². The smallest absolute Gasteiger partial charge is 0.260 e. The van der Waals surface area contributed by atoms with Crippen LogP contribution in [0.3, 0.4) is 0 Å². The van der Waals surface area contributed by atoms with Gasteiger partial charge < -0.3 is 19.1 Å². The Kier molecular flexibility index (Phi) is 6.38. The third kappa shape index (κ3) is 4.92. The van der Waals surface area contributed by atoms with Gasteiger partial charge in [0.25, 0.3) is 5.91 Å². The van der Waals surface area contributed by atoms with Gasteiger partial charge >= 0.3 is 0 Å². The van der Waals surface area contributed by atoms with E-state index in [4.69, 9.17) is 14.2 Å². The largest absolute Gasteiger partial charge is 0.497 e. The van der Waals surface area contributed by atoms with Crippen molar-refractivity contribution in [1.82, 2.24) is 14.9 Å². The second-order valence-corrected chi connectivity index (χ2v) is 6.02. The minimum atomic E-state index is -0.0340. The van der Waals surface area contributed by atoms with E-state index in [1.807, 2.05) is 4.90 Å². The number of carbonyl (C=O) groups excluding carboxylic acids is 1.